The van der Waals surface area contributed by atoms with E-state index in [1.165, 1.54) is 26.3 Å². The molecule has 6 nitrogen and oxygen atoms in total. The van der Waals surface area contributed by atoms with Crippen LogP contribution in [0.3, 0.4) is 0 Å². The number of benzene rings is 1. The number of hydrogen-bond acceptors (Lipinski definition) is 5. The summed E-state index contributed by atoms with van der Waals surface area (Å²) in [5.41, 5.74) is -0.227. The topological polar surface area (TPSA) is 72.9 Å². The average Bonchev–Trinajstić information content (AvgIpc) is 2.43. The number of hydrogen-bond donors (Lipinski definition) is 0. The standard InChI is InChI=1S/C15H18INO5/c1-15(2,3)22-14(20)17(4)12(18)9-6-7-11(16)10(8-9)13(19)21-5/h6-8H,1-5H3. The predicted octanol–water partition coefficient (Wildman–Crippen LogP) is 3.08. The smallest absolute Gasteiger partial charge is 0.417 e. The number of carbonyl (C=O) groups is 3. The summed E-state index contributed by atoms with van der Waals surface area (Å²) in [7, 11) is 2.59. The third-order valence-electron chi connectivity index (χ3n) is 2.59. The molecule has 0 bridgehead atoms. The molecule has 0 radical (unpaired) electrons. The molecule has 0 saturated heterocycles. The first-order valence-corrected chi connectivity index (χ1v) is 7.53. The van der Waals surface area contributed by atoms with Crippen molar-refractivity contribution in [2.75, 3.05) is 14.2 Å². The van der Waals surface area contributed by atoms with Crippen molar-refractivity contribution in [2.24, 2.45) is 0 Å². The minimum atomic E-state index is -0.754. The fourth-order valence-electron chi connectivity index (χ4n) is 1.53. The maximum Gasteiger partial charge on any atom is 0.417 e. The zero-order valence-corrected chi connectivity index (χ0v) is 15.3. The van der Waals surface area contributed by atoms with E-state index in [-0.39, 0.29) is 11.1 Å². The lowest BCUT2D eigenvalue weighted by molar-refractivity contribution is 0.0284. The summed E-state index contributed by atoms with van der Waals surface area (Å²) < 4.78 is 10.5. The largest absolute Gasteiger partial charge is 0.465 e. The van der Waals surface area contributed by atoms with Crippen molar-refractivity contribution in [2.45, 2.75) is 26.4 Å². The van der Waals surface area contributed by atoms with E-state index in [1.807, 2.05) is 22.6 Å². The predicted molar refractivity (Wildman–Crippen MR) is 88.8 cm³/mol. The first-order chi connectivity index (χ1) is 10.1. The SMILES string of the molecule is COC(=O)c1cc(C(=O)N(C)C(=O)OC(C)(C)C)ccc1I. The molecule has 0 aliphatic rings. The van der Waals surface area contributed by atoms with E-state index >= 15 is 0 Å². The van der Waals surface area contributed by atoms with Gasteiger partial charge < -0.3 is 9.47 Å². The van der Waals surface area contributed by atoms with E-state index in [2.05, 4.69) is 4.74 Å². The number of methoxy groups -OCH3 is 1. The van der Waals surface area contributed by atoms with E-state index in [0.29, 0.717) is 3.57 Å². The third kappa shape index (κ3) is 4.69. The fraction of sp³-hybridized carbons (Fsp3) is 0.400. The van der Waals surface area contributed by atoms with Gasteiger partial charge in [-0.25, -0.2) is 14.5 Å². The van der Waals surface area contributed by atoms with Crippen molar-refractivity contribution < 1.29 is 23.9 Å². The second-order valence-electron chi connectivity index (χ2n) is 5.53. The highest BCUT2D eigenvalue weighted by molar-refractivity contribution is 14.1. The lowest BCUT2D eigenvalue weighted by Gasteiger charge is -2.23. The summed E-state index contributed by atoms with van der Waals surface area (Å²) in [5.74, 6) is -1.10. The number of carbonyl (C=O) groups excluding carboxylic acids is 3. The van der Waals surface area contributed by atoms with Gasteiger partial charge in [-0.05, 0) is 61.6 Å². The maximum atomic E-state index is 12.3. The molecule has 0 fully saturated rings. The number of amides is 2. The van der Waals surface area contributed by atoms with Crippen molar-refractivity contribution in [3.63, 3.8) is 0 Å². The van der Waals surface area contributed by atoms with Crippen LogP contribution in [0.4, 0.5) is 4.79 Å². The normalized spacial score (nSPS) is 10.8. The second kappa shape index (κ2) is 7.08. The minimum absolute atomic E-state index is 0.203. The number of nitrogens with zero attached hydrogens (tertiary/aromatic N) is 1. The Balaban J connectivity index is 3.03. The van der Waals surface area contributed by atoms with Crippen molar-refractivity contribution in [3.8, 4) is 0 Å². The van der Waals surface area contributed by atoms with Gasteiger partial charge in [-0.3, -0.25) is 4.79 Å². The lowest BCUT2D eigenvalue weighted by atomic mass is 10.1. The Kier molecular flexibility index (Phi) is 5.92. The highest BCUT2D eigenvalue weighted by Gasteiger charge is 2.25. The molecule has 22 heavy (non-hydrogen) atoms. The first kappa shape index (κ1) is 18.4. The number of halogens is 1. The van der Waals surface area contributed by atoms with E-state index < -0.39 is 23.6 Å². The van der Waals surface area contributed by atoms with Crippen LogP contribution in [-0.2, 0) is 9.47 Å². The number of imide groups is 1. The Bertz CT molecular complexity index is 606. The quantitative estimate of drug-likeness (QED) is 0.544. The summed E-state index contributed by atoms with van der Waals surface area (Å²) in [6.07, 6.45) is -0.754. The summed E-state index contributed by atoms with van der Waals surface area (Å²) in [4.78, 5) is 36.7. The molecule has 0 atom stereocenters. The summed E-state index contributed by atoms with van der Waals surface area (Å²) in [5, 5.41) is 0. The molecule has 0 heterocycles. The Hall–Kier alpha value is -1.64. The van der Waals surface area contributed by atoms with Gasteiger partial charge in [0.2, 0.25) is 0 Å². The van der Waals surface area contributed by atoms with Crippen LogP contribution in [0.2, 0.25) is 0 Å². The molecule has 0 aliphatic carbocycles. The van der Waals surface area contributed by atoms with Crippen LogP contribution < -0.4 is 0 Å². The van der Waals surface area contributed by atoms with Crippen LogP contribution in [0, 0.1) is 3.57 Å². The molecule has 0 spiro atoms. The molecule has 1 rings (SSSR count). The zero-order chi connectivity index (χ0) is 17.1. The molecule has 7 heteroatoms. The Morgan fingerprint density at radius 1 is 1.18 bits per heavy atom. The Morgan fingerprint density at radius 2 is 1.77 bits per heavy atom. The zero-order valence-electron chi connectivity index (χ0n) is 13.1. The third-order valence-corrected chi connectivity index (χ3v) is 3.53. The van der Waals surface area contributed by atoms with E-state index in [1.54, 1.807) is 26.8 Å². The highest BCUT2D eigenvalue weighted by Crippen LogP contribution is 2.17. The monoisotopic (exact) mass is 419 g/mol. The molecule has 1 aromatic carbocycles. The van der Waals surface area contributed by atoms with Crippen molar-refractivity contribution >= 4 is 40.6 Å². The van der Waals surface area contributed by atoms with Crippen LogP contribution >= 0.6 is 22.6 Å². The Labute approximate surface area is 142 Å². The van der Waals surface area contributed by atoms with Gasteiger partial charge in [-0.15, -0.1) is 0 Å². The number of esters is 1. The molecule has 1 aromatic rings. The molecule has 0 aromatic heterocycles. The van der Waals surface area contributed by atoms with Gasteiger partial charge in [0.05, 0.1) is 12.7 Å². The van der Waals surface area contributed by atoms with Crippen LogP contribution in [0.25, 0.3) is 0 Å². The van der Waals surface area contributed by atoms with Crippen LogP contribution in [0.1, 0.15) is 41.5 Å². The van der Waals surface area contributed by atoms with Gasteiger partial charge in [0.25, 0.3) is 5.91 Å². The van der Waals surface area contributed by atoms with Crippen molar-refractivity contribution in [1.29, 1.82) is 0 Å². The van der Waals surface area contributed by atoms with E-state index in [9.17, 15) is 14.4 Å². The molecule has 0 unspecified atom stereocenters. The molecule has 120 valence electrons. The molecule has 2 amide bonds. The summed E-state index contributed by atoms with van der Waals surface area (Å²) in [6.45, 7) is 5.14. The van der Waals surface area contributed by atoms with E-state index in [0.717, 1.165) is 4.90 Å². The fourth-order valence-corrected chi connectivity index (χ4v) is 2.09. The first-order valence-electron chi connectivity index (χ1n) is 6.45. The van der Waals surface area contributed by atoms with E-state index in [4.69, 9.17) is 4.74 Å². The minimum Gasteiger partial charge on any atom is -0.465 e. The highest BCUT2D eigenvalue weighted by atomic mass is 127. The second-order valence-corrected chi connectivity index (χ2v) is 6.69. The molecule has 0 N–H and O–H groups in total. The molecule has 0 aliphatic heterocycles. The van der Waals surface area contributed by atoms with Gasteiger partial charge in [-0.2, -0.15) is 0 Å². The summed E-state index contributed by atoms with van der Waals surface area (Å²) >= 11 is 1.97. The molecular formula is C15H18INO5. The van der Waals surface area contributed by atoms with Crippen LogP contribution in [0.15, 0.2) is 18.2 Å². The van der Waals surface area contributed by atoms with Gasteiger partial charge >= 0.3 is 12.1 Å². The van der Waals surface area contributed by atoms with Crippen LogP contribution in [0.5, 0.6) is 0 Å². The van der Waals surface area contributed by atoms with Crippen LogP contribution in [-0.4, -0.2) is 42.6 Å². The number of ether oxygens (including phenoxy) is 2. The van der Waals surface area contributed by atoms with Gasteiger partial charge in [0.1, 0.15) is 5.60 Å². The van der Waals surface area contributed by atoms with Gasteiger partial charge in [0.15, 0.2) is 0 Å². The number of rotatable bonds is 2. The van der Waals surface area contributed by atoms with Crippen molar-refractivity contribution in [3.05, 3.63) is 32.9 Å². The average molecular weight is 419 g/mol. The van der Waals surface area contributed by atoms with Crippen molar-refractivity contribution in [1.82, 2.24) is 4.90 Å². The Morgan fingerprint density at radius 3 is 2.27 bits per heavy atom. The van der Waals surface area contributed by atoms with Gasteiger partial charge in [-0.1, -0.05) is 0 Å². The maximum absolute atomic E-state index is 12.3. The molecule has 0 saturated carbocycles. The van der Waals surface area contributed by atoms with Gasteiger partial charge in [0, 0.05) is 16.2 Å². The molecular weight excluding hydrogens is 401 g/mol. The summed E-state index contributed by atoms with van der Waals surface area (Å²) in [6, 6.07) is 4.55. The lowest BCUT2D eigenvalue weighted by Crippen LogP contribution is -2.38.